The number of benzene rings is 1. The minimum Gasteiger partial charge on any atom is -0.497 e. The number of hydrogen-bond donors (Lipinski definition) is 2. The van der Waals surface area contributed by atoms with E-state index in [1.807, 2.05) is 13.8 Å². The molecule has 1 aliphatic heterocycles. The number of amides is 2. The van der Waals surface area contributed by atoms with E-state index in [1.165, 1.54) is 26.3 Å². The van der Waals surface area contributed by atoms with Crippen LogP contribution in [0.1, 0.15) is 55.5 Å². The summed E-state index contributed by atoms with van der Waals surface area (Å²) in [4.78, 5) is 32.8. The number of nitrogens with one attached hydrogen (secondary N) is 1. The molecule has 2 amide bonds. The van der Waals surface area contributed by atoms with E-state index in [9.17, 15) is 27.9 Å². The summed E-state index contributed by atoms with van der Waals surface area (Å²) < 4.78 is 47.2. The van der Waals surface area contributed by atoms with Gasteiger partial charge in [-0.1, -0.05) is 23.7 Å². The topological polar surface area (TPSA) is 95.0 Å². The number of methoxy groups -OCH3 is 1. The molecule has 224 valence electrons. The van der Waals surface area contributed by atoms with Crippen molar-refractivity contribution < 1.29 is 32.6 Å². The number of halogens is 4. The SMILES string of the molecule is COc1cccc([C@@](O)(C(=O)N(C)CC[C@H]2CC23CCN(c2ccc(C(=O)NC(C)C)c(Cl)n2)CC3)C(F)(F)F)c1. The van der Waals surface area contributed by atoms with Crippen molar-refractivity contribution in [2.45, 2.75) is 57.3 Å². The van der Waals surface area contributed by atoms with Gasteiger partial charge < -0.3 is 25.0 Å². The lowest BCUT2D eigenvalue weighted by molar-refractivity contribution is -0.261. The normalized spacial score (nSPS) is 19.6. The summed E-state index contributed by atoms with van der Waals surface area (Å²) >= 11 is 6.30. The highest BCUT2D eigenvalue weighted by Gasteiger charge is 2.62. The fraction of sp³-hybridized carbons (Fsp3) is 0.552. The summed E-state index contributed by atoms with van der Waals surface area (Å²) in [6, 6.07) is 8.28. The van der Waals surface area contributed by atoms with Crippen molar-refractivity contribution in [1.82, 2.24) is 15.2 Å². The maximum absolute atomic E-state index is 14.1. The molecule has 4 rings (SSSR count). The Hall–Kier alpha value is -3.05. The van der Waals surface area contributed by atoms with E-state index in [0.717, 1.165) is 49.4 Å². The highest BCUT2D eigenvalue weighted by Crippen LogP contribution is 2.61. The molecule has 12 heteroatoms. The maximum Gasteiger partial charge on any atom is 0.430 e. The van der Waals surface area contributed by atoms with Gasteiger partial charge in [0, 0.05) is 38.3 Å². The van der Waals surface area contributed by atoms with Crippen LogP contribution in [-0.4, -0.2) is 72.8 Å². The molecule has 2 aromatic rings. The van der Waals surface area contributed by atoms with Crippen molar-refractivity contribution in [3.05, 3.63) is 52.7 Å². The number of hydrogen-bond acceptors (Lipinski definition) is 6. The lowest BCUT2D eigenvalue weighted by atomic mass is 9.89. The number of alkyl halides is 3. The zero-order valence-electron chi connectivity index (χ0n) is 23.6. The minimum absolute atomic E-state index is 0.0234. The Bertz CT molecular complexity index is 1280. The molecule has 2 aliphatic rings. The van der Waals surface area contributed by atoms with E-state index in [4.69, 9.17) is 16.3 Å². The van der Waals surface area contributed by atoms with E-state index in [2.05, 4.69) is 15.2 Å². The Kier molecular flexibility index (Phi) is 8.80. The lowest BCUT2D eigenvalue weighted by Crippen LogP contribution is -2.55. The second kappa shape index (κ2) is 11.7. The summed E-state index contributed by atoms with van der Waals surface area (Å²) in [6.07, 6.45) is -1.99. The van der Waals surface area contributed by atoms with Crippen LogP contribution in [0.15, 0.2) is 36.4 Å². The number of carbonyl (C=O) groups excluding carboxylic acids is 2. The smallest absolute Gasteiger partial charge is 0.430 e. The van der Waals surface area contributed by atoms with Gasteiger partial charge in [-0.2, -0.15) is 13.2 Å². The molecule has 1 saturated heterocycles. The molecule has 1 aromatic heterocycles. The molecule has 2 fully saturated rings. The highest BCUT2D eigenvalue weighted by molar-refractivity contribution is 6.32. The Labute approximate surface area is 242 Å². The van der Waals surface area contributed by atoms with Gasteiger partial charge in [0.2, 0.25) is 0 Å². The van der Waals surface area contributed by atoms with E-state index < -0.39 is 23.2 Å². The van der Waals surface area contributed by atoms with Crippen LogP contribution in [0.5, 0.6) is 5.75 Å². The summed E-state index contributed by atoms with van der Waals surface area (Å²) in [5, 5.41) is 13.7. The van der Waals surface area contributed by atoms with Crippen LogP contribution in [0, 0.1) is 11.3 Å². The zero-order valence-corrected chi connectivity index (χ0v) is 24.3. The number of aromatic nitrogens is 1. The largest absolute Gasteiger partial charge is 0.497 e. The first-order valence-corrected chi connectivity index (χ1v) is 14.0. The van der Waals surface area contributed by atoms with Gasteiger partial charge in [-0.25, -0.2) is 4.98 Å². The Morgan fingerprint density at radius 1 is 1.24 bits per heavy atom. The monoisotopic (exact) mass is 596 g/mol. The first-order chi connectivity index (χ1) is 19.2. The van der Waals surface area contributed by atoms with Gasteiger partial charge in [-0.3, -0.25) is 9.59 Å². The van der Waals surface area contributed by atoms with Gasteiger partial charge in [0.05, 0.1) is 12.7 Å². The van der Waals surface area contributed by atoms with Gasteiger partial charge in [0.15, 0.2) is 0 Å². The van der Waals surface area contributed by atoms with Crippen LogP contribution < -0.4 is 15.0 Å². The van der Waals surface area contributed by atoms with E-state index in [-0.39, 0.29) is 40.7 Å². The number of pyridine rings is 1. The Balaban J connectivity index is 1.34. The number of likely N-dealkylation sites (N-methyl/N-ethyl adjacent to an activating group) is 1. The minimum atomic E-state index is -5.22. The Morgan fingerprint density at radius 2 is 1.93 bits per heavy atom. The molecule has 2 N–H and O–H groups in total. The first kappa shape index (κ1) is 30.9. The van der Waals surface area contributed by atoms with Gasteiger partial charge in [0.1, 0.15) is 16.7 Å². The second-order valence-electron chi connectivity index (χ2n) is 11.3. The van der Waals surface area contributed by atoms with Crippen LogP contribution in [0.2, 0.25) is 5.15 Å². The van der Waals surface area contributed by atoms with Crippen molar-refractivity contribution >= 4 is 29.2 Å². The van der Waals surface area contributed by atoms with Gasteiger partial charge in [-0.15, -0.1) is 0 Å². The van der Waals surface area contributed by atoms with Gasteiger partial charge >= 0.3 is 6.18 Å². The molecule has 1 aromatic carbocycles. The number of rotatable bonds is 9. The van der Waals surface area contributed by atoms with Crippen molar-refractivity contribution in [2.75, 3.05) is 38.7 Å². The molecule has 1 spiro atoms. The molecular weight excluding hydrogens is 561 g/mol. The molecule has 41 heavy (non-hydrogen) atoms. The van der Waals surface area contributed by atoms with Crippen molar-refractivity contribution in [3.8, 4) is 5.75 Å². The lowest BCUT2D eigenvalue weighted by Gasteiger charge is -2.35. The third-order valence-electron chi connectivity index (χ3n) is 8.31. The standard InChI is InChI=1S/C29H36ClF3N4O4/c1-18(2)34-25(38)22-8-9-23(35-24(22)30)37-14-11-27(12-15-37)17-20(27)10-13-36(3)26(39)28(40,29(31,32)33)19-6-5-7-21(16-19)41-4/h5-9,16,18,20,40H,10-15,17H2,1-4H3,(H,34,38)/t20-,28+/m0/s1. The zero-order chi connectivity index (χ0) is 30.2. The fourth-order valence-electron chi connectivity index (χ4n) is 5.73. The van der Waals surface area contributed by atoms with Crippen molar-refractivity contribution in [3.63, 3.8) is 0 Å². The molecule has 8 nitrogen and oxygen atoms in total. The quantitative estimate of drug-likeness (QED) is 0.405. The molecule has 2 heterocycles. The number of nitrogens with zero attached hydrogens (tertiary/aromatic N) is 3. The highest BCUT2D eigenvalue weighted by atomic mass is 35.5. The molecule has 1 saturated carbocycles. The molecule has 0 radical (unpaired) electrons. The molecular formula is C29H36ClF3N4O4. The van der Waals surface area contributed by atoms with Crippen molar-refractivity contribution in [2.24, 2.45) is 11.3 Å². The van der Waals surface area contributed by atoms with Crippen LogP contribution in [0.4, 0.5) is 19.0 Å². The second-order valence-corrected chi connectivity index (χ2v) is 11.7. The number of ether oxygens (including phenoxy) is 1. The molecule has 2 atom stereocenters. The van der Waals surface area contributed by atoms with Crippen molar-refractivity contribution in [1.29, 1.82) is 0 Å². The number of aliphatic hydroxyl groups is 1. The maximum atomic E-state index is 14.1. The predicted molar refractivity (Wildman–Crippen MR) is 149 cm³/mol. The number of anilines is 1. The van der Waals surface area contributed by atoms with Gasteiger partial charge in [-0.05, 0) is 75.1 Å². The van der Waals surface area contributed by atoms with Gasteiger partial charge in [0.25, 0.3) is 17.4 Å². The van der Waals surface area contributed by atoms with Crippen LogP contribution >= 0.6 is 11.6 Å². The first-order valence-electron chi connectivity index (χ1n) is 13.6. The molecule has 0 unspecified atom stereocenters. The predicted octanol–water partition coefficient (Wildman–Crippen LogP) is 4.79. The average molecular weight is 597 g/mol. The van der Waals surface area contributed by atoms with Crippen LogP contribution in [0.3, 0.4) is 0 Å². The third-order valence-corrected chi connectivity index (χ3v) is 8.60. The number of carbonyl (C=O) groups is 2. The average Bonchev–Trinajstić information content (AvgIpc) is 3.60. The molecule has 1 aliphatic carbocycles. The van der Waals surface area contributed by atoms with Crippen LogP contribution in [0.25, 0.3) is 0 Å². The summed E-state index contributed by atoms with van der Waals surface area (Å²) in [6.45, 7) is 5.28. The number of piperidine rings is 1. The van der Waals surface area contributed by atoms with Crippen LogP contribution in [-0.2, 0) is 10.4 Å². The summed E-state index contributed by atoms with van der Waals surface area (Å²) in [7, 11) is 2.59. The summed E-state index contributed by atoms with van der Waals surface area (Å²) in [5.74, 6) is -0.622. The molecule has 0 bridgehead atoms. The third kappa shape index (κ3) is 6.25. The van der Waals surface area contributed by atoms with E-state index in [1.54, 1.807) is 12.1 Å². The summed E-state index contributed by atoms with van der Waals surface area (Å²) in [5.41, 5.74) is -3.86. The van der Waals surface area contributed by atoms with E-state index >= 15 is 0 Å². The fourth-order valence-corrected chi connectivity index (χ4v) is 5.96. The van der Waals surface area contributed by atoms with E-state index in [0.29, 0.717) is 17.8 Å². The Morgan fingerprint density at radius 3 is 2.51 bits per heavy atom.